The Hall–Kier alpha value is -2.35. The Kier molecular flexibility index (Phi) is 4.15. The molecule has 4 nitrogen and oxygen atoms in total. The summed E-state index contributed by atoms with van der Waals surface area (Å²) in [4.78, 5) is 19.1. The minimum atomic E-state index is -0.0674. The van der Waals surface area contributed by atoms with E-state index in [2.05, 4.69) is 20.9 Å². The number of rotatable bonds is 3. The molecular weight excluding hydrogens is 444 g/mol. The van der Waals surface area contributed by atoms with Gasteiger partial charge in [-0.3, -0.25) is 4.79 Å². The highest BCUT2D eigenvalue weighted by Gasteiger charge is 2.11. The van der Waals surface area contributed by atoms with Crippen molar-refractivity contribution in [1.29, 1.82) is 0 Å². The van der Waals surface area contributed by atoms with E-state index in [1.807, 2.05) is 60.7 Å². The molecular formula is C20H11BrN2O2S2. The zero-order valence-corrected chi connectivity index (χ0v) is 17.0. The van der Waals surface area contributed by atoms with Crippen LogP contribution in [0.25, 0.3) is 22.1 Å². The molecule has 27 heavy (non-hydrogen) atoms. The van der Waals surface area contributed by atoms with Crippen molar-refractivity contribution >= 4 is 61.1 Å². The molecule has 0 aliphatic carbocycles. The van der Waals surface area contributed by atoms with Crippen LogP contribution in [0.15, 0.2) is 84.3 Å². The van der Waals surface area contributed by atoms with Crippen LogP contribution in [-0.2, 0) is 0 Å². The van der Waals surface area contributed by atoms with Crippen molar-refractivity contribution in [3.8, 4) is 0 Å². The van der Waals surface area contributed by atoms with Gasteiger partial charge in [0.15, 0.2) is 10.1 Å². The second-order valence-electron chi connectivity index (χ2n) is 5.85. The molecule has 2 aromatic carbocycles. The first-order chi connectivity index (χ1) is 13.2. The minimum Gasteiger partial charge on any atom is -0.450 e. The number of nitrogens with zero attached hydrogens (tertiary/aromatic N) is 2. The lowest BCUT2D eigenvalue weighted by Crippen LogP contribution is -2.22. The van der Waals surface area contributed by atoms with Gasteiger partial charge in [0.2, 0.25) is 0 Å². The van der Waals surface area contributed by atoms with E-state index in [4.69, 9.17) is 4.42 Å². The molecule has 0 unspecified atom stereocenters. The molecule has 3 aromatic heterocycles. The van der Waals surface area contributed by atoms with Crippen molar-refractivity contribution in [3.63, 3.8) is 0 Å². The van der Waals surface area contributed by atoms with Crippen LogP contribution < -0.4 is 10.1 Å². The fourth-order valence-electron chi connectivity index (χ4n) is 2.83. The minimum absolute atomic E-state index is 0.0674. The predicted molar refractivity (Wildman–Crippen MR) is 113 cm³/mol. The summed E-state index contributed by atoms with van der Waals surface area (Å²) in [6.07, 6.45) is 1.78. The molecule has 132 valence electrons. The summed E-state index contributed by atoms with van der Waals surface area (Å²) in [5, 5.41) is 0.780. The molecule has 0 fully saturated rings. The third-order valence-electron chi connectivity index (χ3n) is 4.05. The number of furan rings is 1. The molecule has 0 N–H and O–H groups in total. The summed E-state index contributed by atoms with van der Waals surface area (Å²) in [6.45, 7) is 0. The predicted octanol–water partition coefficient (Wildman–Crippen LogP) is 4.96. The number of aromatic nitrogens is 2. The van der Waals surface area contributed by atoms with Crippen molar-refractivity contribution in [2.45, 2.75) is 9.99 Å². The zero-order valence-electron chi connectivity index (χ0n) is 13.8. The molecule has 0 saturated carbocycles. The van der Waals surface area contributed by atoms with E-state index in [-0.39, 0.29) is 5.56 Å². The molecule has 0 amide bonds. The second-order valence-corrected chi connectivity index (χ2v) is 8.85. The van der Waals surface area contributed by atoms with E-state index in [0.717, 1.165) is 25.5 Å². The van der Waals surface area contributed by atoms with E-state index in [9.17, 15) is 4.79 Å². The number of thiazole rings is 1. The molecule has 0 bridgehead atoms. The maximum atomic E-state index is 12.8. The topological polar surface area (TPSA) is 47.5 Å². The normalized spacial score (nSPS) is 12.4. The van der Waals surface area contributed by atoms with Crippen LogP contribution in [0.5, 0.6) is 0 Å². The Morgan fingerprint density at radius 1 is 1.07 bits per heavy atom. The molecule has 0 saturated heterocycles. The van der Waals surface area contributed by atoms with E-state index < -0.39 is 0 Å². The molecule has 0 radical (unpaired) electrons. The van der Waals surface area contributed by atoms with Crippen LogP contribution in [-0.4, -0.2) is 9.38 Å². The monoisotopic (exact) mass is 454 g/mol. The second kappa shape index (κ2) is 6.67. The molecule has 0 atom stereocenters. The third kappa shape index (κ3) is 3.12. The lowest BCUT2D eigenvalue weighted by atomic mass is 10.3. The SMILES string of the molecule is O=c1c(=Cc2ccc(Sc3ccc(Br)cc3)o2)sc2nc3ccccc3n12. The van der Waals surface area contributed by atoms with Crippen LogP contribution in [0, 0.1) is 0 Å². The first-order valence-corrected chi connectivity index (χ1v) is 10.5. The standard InChI is InChI=1S/C20H11BrN2O2S2/c21-12-5-8-14(9-6-12)26-18-10-7-13(25-18)11-17-19(24)23-16-4-2-1-3-15(16)22-20(23)27-17/h1-11H. The number of imidazole rings is 1. The molecule has 0 aliphatic rings. The first kappa shape index (κ1) is 16.8. The van der Waals surface area contributed by atoms with Crippen molar-refractivity contribution in [2.75, 3.05) is 0 Å². The van der Waals surface area contributed by atoms with Gasteiger partial charge in [-0.2, -0.15) is 0 Å². The summed E-state index contributed by atoms with van der Waals surface area (Å²) in [7, 11) is 0. The molecule has 5 aromatic rings. The lowest BCUT2D eigenvalue weighted by molar-refractivity contribution is 0.466. The van der Waals surface area contributed by atoms with Crippen LogP contribution in [0.4, 0.5) is 0 Å². The molecule has 3 heterocycles. The third-order valence-corrected chi connectivity index (χ3v) is 6.48. The van der Waals surface area contributed by atoms with Crippen molar-refractivity contribution < 1.29 is 4.42 Å². The van der Waals surface area contributed by atoms with E-state index >= 15 is 0 Å². The Morgan fingerprint density at radius 3 is 2.74 bits per heavy atom. The number of benzene rings is 2. The van der Waals surface area contributed by atoms with Crippen LogP contribution in [0.3, 0.4) is 0 Å². The smallest absolute Gasteiger partial charge is 0.275 e. The average Bonchev–Trinajstić information content (AvgIpc) is 3.33. The van der Waals surface area contributed by atoms with E-state index in [0.29, 0.717) is 15.3 Å². The maximum Gasteiger partial charge on any atom is 0.275 e. The van der Waals surface area contributed by atoms with Gasteiger partial charge in [0.05, 0.1) is 11.0 Å². The van der Waals surface area contributed by atoms with Gasteiger partial charge in [0.25, 0.3) is 5.56 Å². The quantitative estimate of drug-likeness (QED) is 0.386. The van der Waals surface area contributed by atoms with Gasteiger partial charge in [-0.25, -0.2) is 9.38 Å². The highest BCUT2D eigenvalue weighted by molar-refractivity contribution is 9.10. The van der Waals surface area contributed by atoms with Gasteiger partial charge in [-0.15, -0.1) is 0 Å². The largest absolute Gasteiger partial charge is 0.450 e. The summed E-state index contributed by atoms with van der Waals surface area (Å²) in [5.74, 6) is 0.653. The molecule has 7 heteroatoms. The molecule has 5 rings (SSSR count). The highest BCUT2D eigenvalue weighted by Crippen LogP contribution is 2.30. The van der Waals surface area contributed by atoms with Gasteiger partial charge in [-0.1, -0.05) is 51.2 Å². The zero-order chi connectivity index (χ0) is 18.4. The van der Waals surface area contributed by atoms with Crippen LogP contribution in [0.1, 0.15) is 5.76 Å². The van der Waals surface area contributed by atoms with Gasteiger partial charge < -0.3 is 4.42 Å². The van der Waals surface area contributed by atoms with Gasteiger partial charge in [-0.05, 0) is 48.5 Å². The van der Waals surface area contributed by atoms with Crippen LogP contribution in [0.2, 0.25) is 0 Å². The lowest BCUT2D eigenvalue weighted by Gasteiger charge is -1.97. The van der Waals surface area contributed by atoms with E-state index in [1.165, 1.54) is 11.3 Å². The fraction of sp³-hybridized carbons (Fsp3) is 0. The number of hydrogen-bond acceptors (Lipinski definition) is 5. The number of halogens is 1. The Morgan fingerprint density at radius 2 is 1.89 bits per heavy atom. The van der Waals surface area contributed by atoms with Gasteiger partial charge >= 0.3 is 0 Å². The van der Waals surface area contributed by atoms with Gasteiger partial charge in [0.1, 0.15) is 10.3 Å². The first-order valence-electron chi connectivity index (χ1n) is 8.12. The van der Waals surface area contributed by atoms with Gasteiger partial charge in [0, 0.05) is 15.4 Å². The summed E-state index contributed by atoms with van der Waals surface area (Å²) in [5.41, 5.74) is 1.60. The highest BCUT2D eigenvalue weighted by atomic mass is 79.9. The molecule has 0 spiro atoms. The van der Waals surface area contributed by atoms with E-state index in [1.54, 1.807) is 22.2 Å². The number of hydrogen-bond donors (Lipinski definition) is 0. The number of para-hydroxylation sites is 2. The van der Waals surface area contributed by atoms with Crippen molar-refractivity contribution in [1.82, 2.24) is 9.38 Å². The van der Waals surface area contributed by atoms with Crippen molar-refractivity contribution in [2.24, 2.45) is 0 Å². The summed E-state index contributed by atoms with van der Waals surface area (Å²) in [6, 6.07) is 19.5. The Balaban J connectivity index is 1.51. The van der Waals surface area contributed by atoms with Crippen molar-refractivity contribution in [3.05, 3.63) is 85.8 Å². The maximum absolute atomic E-state index is 12.8. The molecule has 0 aliphatic heterocycles. The Bertz CT molecular complexity index is 1380. The summed E-state index contributed by atoms with van der Waals surface area (Å²) >= 11 is 6.34. The fourth-order valence-corrected chi connectivity index (χ4v) is 4.84. The Labute approximate surface area is 170 Å². The number of fused-ring (bicyclic) bond motifs is 3. The average molecular weight is 455 g/mol. The van der Waals surface area contributed by atoms with Crippen LogP contribution >= 0.6 is 39.0 Å². The summed E-state index contributed by atoms with van der Waals surface area (Å²) < 4.78 is 9.18.